The lowest BCUT2D eigenvalue weighted by atomic mass is 10.1. The molecule has 1 saturated carbocycles. The van der Waals surface area contributed by atoms with Crippen molar-refractivity contribution >= 4 is 23.3 Å². The van der Waals surface area contributed by atoms with Gasteiger partial charge in [0.05, 0.1) is 16.2 Å². The van der Waals surface area contributed by atoms with Crippen LogP contribution in [0.2, 0.25) is 0 Å². The zero-order valence-corrected chi connectivity index (χ0v) is 13.8. The Bertz CT molecular complexity index is 639. The van der Waals surface area contributed by atoms with E-state index in [2.05, 4.69) is 5.32 Å². The number of non-ortho nitro benzene ring substituents is 1. The summed E-state index contributed by atoms with van der Waals surface area (Å²) in [5, 5.41) is 13.7. The molecule has 0 spiro atoms. The van der Waals surface area contributed by atoms with Crippen LogP contribution in [-0.4, -0.2) is 43.5 Å². The van der Waals surface area contributed by atoms with Crippen molar-refractivity contribution in [3.05, 3.63) is 33.9 Å². The van der Waals surface area contributed by atoms with Crippen molar-refractivity contribution in [3.8, 4) is 0 Å². The van der Waals surface area contributed by atoms with Crippen LogP contribution < -0.4 is 10.2 Å². The minimum atomic E-state index is -0.760. The van der Waals surface area contributed by atoms with E-state index in [1.807, 2.05) is 0 Å². The third-order valence-electron chi connectivity index (χ3n) is 3.95. The van der Waals surface area contributed by atoms with Gasteiger partial charge in [-0.3, -0.25) is 14.9 Å². The Hall–Kier alpha value is -2.64. The van der Waals surface area contributed by atoms with Gasteiger partial charge in [-0.1, -0.05) is 12.8 Å². The Balaban J connectivity index is 2.03. The van der Waals surface area contributed by atoms with E-state index in [1.165, 1.54) is 12.1 Å². The molecular weight excluding hydrogens is 314 g/mol. The van der Waals surface area contributed by atoms with Crippen molar-refractivity contribution in [2.45, 2.75) is 31.7 Å². The molecule has 24 heavy (non-hydrogen) atoms. The molecule has 1 aromatic rings. The first-order chi connectivity index (χ1) is 11.4. The molecule has 8 nitrogen and oxygen atoms in total. The minimum absolute atomic E-state index is 0.0582. The summed E-state index contributed by atoms with van der Waals surface area (Å²) in [6.45, 7) is -0.398. The molecule has 0 atom stereocenters. The molecule has 2 rings (SSSR count). The molecule has 1 fully saturated rings. The standard InChI is InChI=1S/C16H21N3O5/c1-18(2)14-8-7-12(19(22)23)9-13(14)16(21)24-10-15(20)17-11-5-3-4-6-11/h7-9,11H,3-6,10H2,1-2H3,(H,17,20). The molecule has 0 unspecified atom stereocenters. The number of nitro benzene ring substituents is 1. The van der Waals surface area contributed by atoms with Crippen LogP contribution in [0.4, 0.5) is 11.4 Å². The monoisotopic (exact) mass is 335 g/mol. The summed E-state index contributed by atoms with van der Waals surface area (Å²) in [5.74, 6) is -1.11. The average molecular weight is 335 g/mol. The number of nitrogens with zero attached hydrogens (tertiary/aromatic N) is 2. The van der Waals surface area contributed by atoms with E-state index in [4.69, 9.17) is 4.74 Å². The van der Waals surface area contributed by atoms with Crippen molar-refractivity contribution in [1.82, 2.24) is 5.32 Å². The van der Waals surface area contributed by atoms with Crippen LogP contribution in [0.25, 0.3) is 0 Å². The summed E-state index contributed by atoms with van der Waals surface area (Å²) in [4.78, 5) is 36.0. The fraction of sp³-hybridized carbons (Fsp3) is 0.500. The van der Waals surface area contributed by atoms with Crippen molar-refractivity contribution < 1.29 is 19.2 Å². The maximum absolute atomic E-state index is 12.2. The maximum Gasteiger partial charge on any atom is 0.341 e. The van der Waals surface area contributed by atoms with Gasteiger partial charge >= 0.3 is 5.97 Å². The Morgan fingerprint density at radius 3 is 2.58 bits per heavy atom. The molecule has 0 saturated heterocycles. The quantitative estimate of drug-likeness (QED) is 0.484. The minimum Gasteiger partial charge on any atom is -0.452 e. The smallest absolute Gasteiger partial charge is 0.341 e. The highest BCUT2D eigenvalue weighted by Gasteiger charge is 2.21. The highest BCUT2D eigenvalue weighted by atomic mass is 16.6. The molecule has 130 valence electrons. The summed E-state index contributed by atoms with van der Waals surface area (Å²) in [6, 6.07) is 4.10. The summed E-state index contributed by atoms with van der Waals surface area (Å²) in [6.07, 6.45) is 4.06. The summed E-state index contributed by atoms with van der Waals surface area (Å²) >= 11 is 0. The number of hydrogen-bond donors (Lipinski definition) is 1. The summed E-state index contributed by atoms with van der Waals surface area (Å²) in [5.41, 5.74) is 0.340. The lowest BCUT2D eigenvalue weighted by molar-refractivity contribution is -0.384. The zero-order chi connectivity index (χ0) is 17.7. The Morgan fingerprint density at radius 1 is 1.33 bits per heavy atom. The predicted octanol–water partition coefficient (Wildman–Crippen LogP) is 1.88. The van der Waals surface area contributed by atoms with Gasteiger partial charge in [-0.15, -0.1) is 0 Å². The molecule has 1 aliphatic carbocycles. The summed E-state index contributed by atoms with van der Waals surface area (Å²) < 4.78 is 5.03. The Morgan fingerprint density at radius 2 is 2.00 bits per heavy atom. The van der Waals surface area contributed by atoms with Gasteiger partial charge in [0.25, 0.3) is 11.6 Å². The maximum atomic E-state index is 12.2. The highest BCUT2D eigenvalue weighted by molar-refractivity contribution is 5.97. The number of benzene rings is 1. The second-order valence-electron chi connectivity index (χ2n) is 5.98. The SMILES string of the molecule is CN(C)c1ccc([N+](=O)[O-])cc1C(=O)OCC(=O)NC1CCCC1. The van der Waals surface area contributed by atoms with E-state index in [0.717, 1.165) is 31.7 Å². The van der Waals surface area contributed by atoms with Crippen LogP contribution in [0.5, 0.6) is 0 Å². The van der Waals surface area contributed by atoms with Crippen LogP contribution in [0.15, 0.2) is 18.2 Å². The van der Waals surface area contributed by atoms with E-state index in [1.54, 1.807) is 19.0 Å². The van der Waals surface area contributed by atoms with Crippen molar-refractivity contribution in [1.29, 1.82) is 0 Å². The number of carbonyl (C=O) groups excluding carboxylic acids is 2. The van der Waals surface area contributed by atoms with Gasteiger partial charge < -0.3 is 15.0 Å². The fourth-order valence-corrected chi connectivity index (χ4v) is 2.74. The third kappa shape index (κ3) is 4.43. The number of esters is 1. The van der Waals surface area contributed by atoms with Crippen molar-refractivity contribution in [3.63, 3.8) is 0 Å². The molecule has 0 aromatic heterocycles. The van der Waals surface area contributed by atoms with E-state index < -0.39 is 17.5 Å². The first kappa shape index (κ1) is 17.7. The highest BCUT2D eigenvalue weighted by Crippen LogP contribution is 2.25. The number of nitrogens with one attached hydrogen (secondary N) is 1. The van der Waals surface area contributed by atoms with Gasteiger partial charge in [-0.05, 0) is 18.9 Å². The van der Waals surface area contributed by atoms with Gasteiger partial charge in [0.1, 0.15) is 0 Å². The molecule has 1 amide bonds. The van der Waals surface area contributed by atoms with E-state index in [0.29, 0.717) is 5.69 Å². The van der Waals surface area contributed by atoms with Crippen LogP contribution in [0.1, 0.15) is 36.0 Å². The molecule has 1 aromatic carbocycles. The average Bonchev–Trinajstić information content (AvgIpc) is 3.04. The lowest BCUT2D eigenvalue weighted by Crippen LogP contribution is -2.36. The van der Waals surface area contributed by atoms with E-state index in [-0.39, 0.29) is 23.2 Å². The second kappa shape index (κ2) is 7.76. The van der Waals surface area contributed by atoms with E-state index in [9.17, 15) is 19.7 Å². The molecule has 8 heteroatoms. The summed E-state index contributed by atoms with van der Waals surface area (Å²) in [7, 11) is 3.43. The van der Waals surface area contributed by atoms with Crippen molar-refractivity contribution in [2.24, 2.45) is 0 Å². The molecule has 0 bridgehead atoms. The topological polar surface area (TPSA) is 102 Å². The molecule has 0 aliphatic heterocycles. The van der Waals surface area contributed by atoms with E-state index >= 15 is 0 Å². The van der Waals surface area contributed by atoms with Crippen LogP contribution in [0.3, 0.4) is 0 Å². The van der Waals surface area contributed by atoms with Gasteiger partial charge in [-0.25, -0.2) is 4.79 Å². The van der Waals surface area contributed by atoms with Gasteiger partial charge in [-0.2, -0.15) is 0 Å². The van der Waals surface area contributed by atoms with Crippen LogP contribution >= 0.6 is 0 Å². The molecule has 1 aliphatic rings. The predicted molar refractivity (Wildman–Crippen MR) is 88.1 cm³/mol. The zero-order valence-electron chi connectivity index (χ0n) is 13.8. The first-order valence-electron chi connectivity index (χ1n) is 7.80. The third-order valence-corrected chi connectivity index (χ3v) is 3.95. The molecule has 1 N–H and O–H groups in total. The number of amides is 1. The number of rotatable bonds is 6. The van der Waals surface area contributed by atoms with Crippen LogP contribution in [-0.2, 0) is 9.53 Å². The Kier molecular flexibility index (Phi) is 5.73. The number of carbonyl (C=O) groups is 2. The van der Waals surface area contributed by atoms with Gasteiger partial charge in [0.15, 0.2) is 6.61 Å². The molecular formula is C16H21N3O5. The first-order valence-corrected chi connectivity index (χ1v) is 7.80. The normalized spacial score (nSPS) is 14.2. The number of nitro groups is 1. The number of ether oxygens (including phenoxy) is 1. The number of hydrogen-bond acceptors (Lipinski definition) is 6. The largest absolute Gasteiger partial charge is 0.452 e. The molecule has 0 heterocycles. The van der Waals surface area contributed by atoms with Gasteiger partial charge in [0, 0.05) is 32.3 Å². The van der Waals surface area contributed by atoms with Crippen molar-refractivity contribution in [2.75, 3.05) is 25.6 Å². The van der Waals surface area contributed by atoms with Crippen LogP contribution in [0, 0.1) is 10.1 Å². The molecule has 0 radical (unpaired) electrons. The second-order valence-corrected chi connectivity index (χ2v) is 5.98. The Labute approximate surface area is 139 Å². The van der Waals surface area contributed by atoms with Gasteiger partial charge in [0.2, 0.25) is 0 Å². The fourth-order valence-electron chi connectivity index (χ4n) is 2.74. The lowest BCUT2D eigenvalue weighted by Gasteiger charge is -2.17. The number of anilines is 1.